The molecule has 0 radical (unpaired) electrons. The summed E-state index contributed by atoms with van der Waals surface area (Å²) >= 11 is 6.15. The SMILES string of the molecule is COc1ccccc1NC(=O)/C(C#N)=C/c1cccc(OCc2ccccc2Cl)c1. The van der Waals surface area contributed by atoms with Crippen molar-refractivity contribution < 1.29 is 14.3 Å². The van der Waals surface area contributed by atoms with E-state index in [1.165, 1.54) is 13.2 Å². The first-order valence-corrected chi connectivity index (χ1v) is 9.51. The highest BCUT2D eigenvalue weighted by Gasteiger charge is 2.12. The molecule has 3 aromatic carbocycles. The minimum atomic E-state index is -0.524. The van der Waals surface area contributed by atoms with Gasteiger partial charge in [-0.1, -0.05) is 54.1 Å². The van der Waals surface area contributed by atoms with E-state index < -0.39 is 5.91 Å². The van der Waals surface area contributed by atoms with Gasteiger partial charge in [-0.05, 0) is 42.0 Å². The van der Waals surface area contributed by atoms with E-state index in [4.69, 9.17) is 21.1 Å². The van der Waals surface area contributed by atoms with E-state index in [1.807, 2.05) is 24.3 Å². The molecule has 3 aromatic rings. The van der Waals surface area contributed by atoms with Gasteiger partial charge in [-0.3, -0.25) is 4.79 Å². The third-order valence-corrected chi connectivity index (χ3v) is 4.61. The zero-order valence-corrected chi connectivity index (χ0v) is 17.0. The maximum atomic E-state index is 12.5. The molecule has 5 nitrogen and oxygen atoms in total. The second-order valence-electron chi connectivity index (χ2n) is 6.28. The molecule has 0 aliphatic carbocycles. The van der Waals surface area contributed by atoms with Crippen molar-refractivity contribution in [1.29, 1.82) is 5.26 Å². The summed E-state index contributed by atoms with van der Waals surface area (Å²) in [5, 5.41) is 12.8. The highest BCUT2D eigenvalue weighted by atomic mass is 35.5. The Morgan fingerprint density at radius 1 is 1.10 bits per heavy atom. The molecule has 30 heavy (non-hydrogen) atoms. The lowest BCUT2D eigenvalue weighted by Crippen LogP contribution is -2.14. The lowest BCUT2D eigenvalue weighted by molar-refractivity contribution is -0.112. The van der Waals surface area contributed by atoms with Crippen molar-refractivity contribution in [2.45, 2.75) is 6.61 Å². The fraction of sp³-hybridized carbons (Fsp3) is 0.0833. The first kappa shape index (κ1) is 21.0. The van der Waals surface area contributed by atoms with Crippen molar-refractivity contribution in [2.24, 2.45) is 0 Å². The van der Waals surface area contributed by atoms with Crippen LogP contribution in [0.5, 0.6) is 11.5 Å². The number of amides is 1. The topological polar surface area (TPSA) is 71.3 Å². The van der Waals surface area contributed by atoms with E-state index >= 15 is 0 Å². The van der Waals surface area contributed by atoms with Gasteiger partial charge in [0.2, 0.25) is 0 Å². The lowest BCUT2D eigenvalue weighted by atomic mass is 10.1. The number of nitrogens with zero attached hydrogens (tertiary/aromatic N) is 1. The van der Waals surface area contributed by atoms with Gasteiger partial charge in [0.25, 0.3) is 5.91 Å². The summed E-state index contributed by atoms with van der Waals surface area (Å²) < 4.78 is 11.0. The molecule has 0 aliphatic rings. The van der Waals surface area contributed by atoms with Gasteiger partial charge >= 0.3 is 0 Å². The normalized spacial score (nSPS) is 10.8. The fourth-order valence-corrected chi connectivity index (χ4v) is 2.91. The number of hydrogen-bond donors (Lipinski definition) is 1. The zero-order valence-electron chi connectivity index (χ0n) is 16.3. The molecular formula is C24H19ClN2O3. The maximum Gasteiger partial charge on any atom is 0.266 e. The first-order valence-electron chi connectivity index (χ1n) is 9.13. The van der Waals surface area contributed by atoms with Crippen molar-refractivity contribution >= 4 is 29.3 Å². The summed E-state index contributed by atoms with van der Waals surface area (Å²) in [5.74, 6) is 0.591. The monoisotopic (exact) mass is 418 g/mol. The van der Waals surface area contributed by atoms with Crippen LogP contribution in [0.15, 0.2) is 78.4 Å². The second-order valence-corrected chi connectivity index (χ2v) is 6.68. The highest BCUT2D eigenvalue weighted by molar-refractivity contribution is 6.31. The second kappa shape index (κ2) is 10.1. The molecule has 1 amide bonds. The van der Waals surface area contributed by atoms with Crippen molar-refractivity contribution in [2.75, 3.05) is 12.4 Å². The molecule has 150 valence electrons. The largest absolute Gasteiger partial charge is 0.495 e. The molecule has 0 heterocycles. The summed E-state index contributed by atoms with van der Waals surface area (Å²) in [4.78, 5) is 12.5. The van der Waals surface area contributed by atoms with Gasteiger partial charge in [-0.15, -0.1) is 0 Å². The molecule has 0 aromatic heterocycles. The molecule has 0 spiro atoms. The van der Waals surface area contributed by atoms with Crippen LogP contribution in [-0.4, -0.2) is 13.0 Å². The lowest BCUT2D eigenvalue weighted by Gasteiger charge is -2.10. The number of methoxy groups -OCH3 is 1. The Balaban J connectivity index is 1.74. The summed E-state index contributed by atoms with van der Waals surface area (Å²) in [6.07, 6.45) is 1.51. The minimum Gasteiger partial charge on any atom is -0.495 e. The number of nitriles is 1. The molecule has 0 saturated carbocycles. The van der Waals surface area contributed by atoms with Crippen molar-refractivity contribution in [1.82, 2.24) is 0 Å². The number of rotatable bonds is 7. The minimum absolute atomic E-state index is 0.0378. The van der Waals surface area contributed by atoms with Crippen LogP contribution in [0.3, 0.4) is 0 Å². The van der Waals surface area contributed by atoms with Crippen LogP contribution in [0.1, 0.15) is 11.1 Å². The Kier molecular flexibility index (Phi) is 7.09. The number of benzene rings is 3. The fourth-order valence-electron chi connectivity index (χ4n) is 2.72. The molecule has 6 heteroatoms. The van der Waals surface area contributed by atoms with Crippen LogP contribution >= 0.6 is 11.6 Å². The number of carbonyl (C=O) groups excluding carboxylic acids is 1. The van der Waals surface area contributed by atoms with E-state index in [9.17, 15) is 10.1 Å². The maximum absolute atomic E-state index is 12.5. The average Bonchev–Trinajstić information content (AvgIpc) is 2.77. The number of ether oxygens (including phenoxy) is 2. The Bertz CT molecular complexity index is 1120. The van der Waals surface area contributed by atoms with E-state index in [0.717, 1.165) is 5.56 Å². The molecule has 0 atom stereocenters. The van der Waals surface area contributed by atoms with Gasteiger partial charge in [-0.2, -0.15) is 5.26 Å². The molecule has 0 unspecified atom stereocenters. The number of para-hydroxylation sites is 2. The third kappa shape index (κ3) is 5.40. The summed E-state index contributed by atoms with van der Waals surface area (Å²) in [6.45, 7) is 0.312. The Labute approximate surface area is 180 Å². The van der Waals surface area contributed by atoms with Gasteiger partial charge in [0.05, 0.1) is 12.8 Å². The number of nitrogens with one attached hydrogen (secondary N) is 1. The summed E-state index contributed by atoms with van der Waals surface area (Å²) in [6, 6.07) is 23.5. The predicted octanol–water partition coefficient (Wildman–Crippen LogP) is 5.47. The van der Waals surface area contributed by atoms with Crippen LogP contribution in [0, 0.1) is 11.3 Å². The molecular weight excluding hydrogens is 400 g/mol. The van der Waals surface area contributed by atoms with Gasteiger partial charge in [0.15, 0.2) is 0 Å². The van der Waals surface area contributed by atoms with Crippen LogP contribution in [0.25, 0.3) is 6.08 Å². The first-order chi connectivity index (χ1) is 14.6. The molecule has 3 rings (SSSR count). The zero-order chi connectivity index (χ0) is 21.3. The standard InChI is InChI=1S/C24H19ClN2O3/c1-29-23-12-5-4-11-22(23)27-24(28)19(15-26)13-17-7-6-9-20(14-17)30-16-18-8-2-3-10-21(18)25/h2-14H,16H2,1H3,(H,27,28)/b19-13+. The average molecular weight is 419 g/mol. The number of hydrogen-bond acceptors (Lipinski definition) is 4. The number of carbonyl (C=O) groups is 1. The summed E-state index contributed by atoms with van der Waals surface area (Å²) in [5.41, 5.74) is 1.99. The quantitative estimate of drug-likeness (QED) is 0.407. The van der Waals surface area contributed by atoms with Crippen molar-refractivity contribution in [3.05, 3.63) is 94.5 Å². The van der Waals surface area contributed by atoms with Crippen molar-refractivity contribution in [3.8, 4) is 17.6 Å². The smallest absolute Gasteiger partial charge is 0.266 e. The molecule has 0 fully saturated rings. The van der Waals surface area contributed by atoms with Gasteiger partial charge in [0.1, 0.15) is 29.7 Å². The van der Waals surface area contributed by atoms with Crippen LogP contribution in [-0.2, 0) is 11.4 Å². The van der Waals surface area contributed by atoms with E-state index in [2.05, 4.69) is 5.32 Å². The molecule has 1 N–H and O–H groups in total. The molecule has 0 aliphatic heterocycles. The van der Waals surface area contributed by atoms with E-state index in [-0.39, 0.29) is 5.57 Å². The van der Waals surface area contributed by atoms with Crippen molar-refractivity contribution in [3.63, 3.8) is 0 Å². The number of halogens is 1. The highest BCUT2D eigenvalue weighted by Crippen LogP contribution is 2.24. The van der Waals surface area contributed by atoms with Crippen LogP contribution in [0.2, 0.25) is 5.02 Å². The Hall–Kier alpha value is -3.75. The van der Waals surface area contributed by atoms with E-state index in [1.54, 1.807) is 54.6 Å². The number of anilines is 1. The van der Waals surface area contributed by atoms with Gasteiger partial charge < -0.3 is 14.8 Å². The van der Waals surface area contributed by atoms with Crippen LogP contribution in [0.4, 0.5) is 5.69 Å². The van der Waals surface area contributed by atoms with Gasteiger partial charge in [-0.25, -0.2) is 0 Å². The third-order valence-electron chi connectivity index (χ3n) is 4.24. The Morgan fingerprint density at radius 2 is 1.87 bits per heavy atom. The summed E-state index contributed by atoms with van der Waals surface area (Å²) in [7, 11) is 1.51. The van der Waals surface area contributed by atoms with E-state index in [0.29, 0.717) is 34.4 Å². The Morgan fingerprint density at radius 3 is 2.63 bits per heavy atom. The van der Waals surface area contributed by atoms with Crippen LogP contribution < -0.4 is 14.8 Å². The van der Waals surface area contributed by atoms with Gasteiger partial charge in [0, 0.05) is 10.6 Å². The predicted molar refractivity (Wildman–Crippen MR) is 117 cm³/mol. The molecule has 0 bridgehead atoms. The molecule has 0 saturated heterocycles.